The molecule has 0 unspecified atom stereocenters. The topological polar surface area (TPSA) is 162 Å². The lowest BCUT2D eigenvalue weighted by Crippen LogP contribution is -2.35. The van der Waals surface area contributed by atoms with E-state index in [1.54, 1.807) is 4.68 Å². The molecule has 1 heterocycles. The van der Waals surface area contributed by atoms with Gasteiger partial charge in [-0.25, -0.2) is 17.8 Å². The van der Waals surface area contributed by atoms with Crippen LogP contribution in [0.2, 0.25) is 0 Å². The van der Waals surface area contributed by atoms with Crippen LogP contribution in [0.4, 0.5) is 5.69 Å². The van der Waals surface area contributed by atoms with Crippen molar-refractivity contribution in [1.82, 2.24) is 30.2 Å². The maximum absolute atomic E-state index is 12.2. The van der Waals surface area contributed by atoms with E-state index in [9.17, 15) is 23.3 Å². The van der Waals surface area contributed by atoms with Crippen LogP contribution in [0.5, 0.6) is 0 Å². The lowest BCUT2D eigenvalue weighted by atomic mass is 10.3. The van der Waals surface area contributed by atoms with Crippen molar-refractivity contribution in [2.24, 2.45) is 0 Å². The third-order valence-electron chi connectivity index (χ3n) is 4.54. The zero-order valence-corrected chi connectivity index (χ0v) is 17.6. The molecule has 12 nitrogen and oxygen atoms in total. The van der Waals surface area contributed by atoms with Crippen LogP contribution < -0.4 is 10.0 Å². The number of hydrogen-bond acceptors (Lipinski definition) is 9. The van der Waals surface area contributed by atoms with Crippen LogP contribution in [0.1, 0.15) is 31.7 Å². The van der Waals surface area contributed by atoms with Gasteiger partial charge < -0.3 is 5.32 Å². The predicted octanol–water partition coefficient (Wildman–Crippen LogP) is 0.883. The number of aromatic nitrogens is 4. The van der Waals surface area contributed by atoms with Gasteiger partial charge in [0.15, 0.2) is 0 Å². The number of nitrogens with zero attached hydrogens (tertiary/aromatic N) is 5. The summed E-state index contributed by atoms with van der Waals surface area (Å²) in [5.41, 5.74) is -0.317. The van der Waals surface area contributed by atoms with E-state index in [-0.39, 0.29) is 41.4 Å². The van der Waals surface area contributed by atoms with E-state index in [4.69, 9.17) is 0 Å². The van der Waals surface area contributed by atoms with Crippen LogP contribution in [0.3, 0.4) is 0 Å². The summed E-state index contributed by atoms with van der Waals surface area (Å²) < 4.78 is 28.5. The molecule has 1 fully saturated rings. The highest BCUT2D eigenvalue weighted by Gasteiger charge is 2.22. The van der Waals surface area contributed by atoms with Gasteiger partial charge in [0, 0.05) is 25.2 Å². The smallest absolute Gasteiger partial charge is 0.270 e. The Kier molecular flexibility index (Phi) is 7.33. The Hall–Kier alpha value is -2.58. The molecule has 162 valence electrons. The summed E-state index contributed by atoms with van der Waals surface area (Å²) in [7, 11) is -3.92. The summed E-state index contributed by atoms with van der Waals surface area (Å²) in [4.78, 5) is 21.9. The van der Waals surface area contributed by atoms with E-state index >= 15 is 0 Å². The quantitative estimate of drug-likeness (QED) is 0.229. The molecule has 1 aliphatic carbocycles. The van der Waals surface area contributed by atoms with Gasteiger partial charge in [-0.05, 0) is 29.3 Å². The molecule has 1 aromatic heterocycles. The maximum Gasteiger partial charge on any atom is 0.270 e. The van der Waals surface area contributed by atoms with Crippen LogP contribution in [0.25, 0.3) is 0 Å². The number of hydrogen-bond donors (Lipinski definition) is 2. The summed E-state index contributed by atoms with van der Waals surface area (Å²) in [5.74, 6) is -0.180. The maximum atomic E-state index is 12.2. The normalized spacial score (nSPS) is 14.7. The number of tetrazole rings is 1. The number of sulfonamides is 1. The molecule has 0 bridgehead atoms. The Labute approximate surface area is 177 Å². The van der Waals surface area contributed by atoms with Crippen molar-refractivity contribution in [3.8, 4) is 0 Å². The second kappa shape index (κ2) is 9.95. The Morgan fingerprint density at radius 2 is 2.07 bits per heavy atom. The van der Waals surface area contributed by atoms with Crippen LogP contribution in [-0.4, -0.2) is 58.3 Å². The molecule has 1 saturated carbocycles. The molecular weight excluding hydrogens is 434 g/mol. The number of nitro benzene ring substituents is 1. The Morgan fingerprint density at radius 3 is 2.80 bits per heavy atom. The van der Waals surface area contributed by atoms with Crippen molar-refractivity contribution in [2.45, 2.75) is 41.8 Å². The number of thioether (sulfide) groups is 1. The number of benzene rings is 1. The van der Waals surface area contributed by atoms with E-state index in [0.29, 0.717) is 5.16 Å². The standard InChI is InChI=1S/C16H21N7O5S2/c24-15(11-29-16-19-20-21-22(16)12-4-1-2-5-12)17-8-9-18-30(27,28)14-7-3-6-13(10-14)23(25)26/h3,6-7,10,12,18H,1-2,4-5,8-9,11H2,(H,17,24). The molecule has 1 amide bonds. The van der Waals surface area contributed by atoms with Gasteiger partial charge in [-0.15, -0.1) is 5.10 Å². The average molecular weight is 456 g/mol. The van der Waals surface area contributed by atoms with Gasteiger partial charge in [-0.2, -0.15) is 0 Å². The number of non-ortho nitro benzene ring substituents is 1. The number of amides is 1. The summed E-state index contributed by atoms with van der Waals surface area (Å²) in [6, 6.07) is 5.02. The second-order valence-electron chi connectivity index (χ2n) is 6.64. The minimum atomic E-state index is -3.92. The molecule has 0 aliphatic heterocycles. The minimum Gasteiger partial charge on any atom is -0.354 e. The molecule has 30 heavy (non-hydrogen) atoms. The molecule has 3 rings (SSSR count). The summed E-state index contributed by atoms with van der Waals surface area (Å²) >= 11 is 1.23. The monoisotopic (exact) mass is 455 g/mol. The van der Waals surface area contributed by atoms with Crippen molar-refractivity contribution in [3.05, 3.63) is 34.4 Å². The first-order chi connectivity index (χ1) is 14.4. The van der Waals surface area contributed by atoms with Crippen molar-refractivity contribution >= 4 is 33.4 Å². The highest BCUT2D eigenvalue weighted by Crippen LogP contribution is 2.31. The summed E-state index contributed by atoms with van der Waals surface area (Å²) in [6.07, 6.45) is 4.33. The summed E-state index contributed by atoms with van der Waals surface area (Å²) in [5, 5.41) is 25.6. The van der Waals surface area contributed by atoms with Crippen LogP contribution in [0, 0.1) is 10.1 Å². The number of carbonyl (C=O) groups is 1. The lowest BCUT2D eigenvalue weighted by molar-refractivity contribution is -0.385. The molecule has 2 aromatic rings. The van der Waals surface area contributed by atoms with Gasteiger partial charge in [0.05, 0.1) is 21.6 Å². The number of nitro groups is 1. The minimum absolute atomic E-state index is 0.0543. The van der Waals surface area contributed by atoms with Gasteiger partial charge in [-0.3, -0.25) is 14.9 Å². The van der Waals surface area contributed by atoms with Crippen molar-refractivity contribution in [1.29, 1.82) is 0 Å². The Morgan fingerprint density at radius 1 is 1.30 bits per heavy atom. The number of carbonyl (C=O) groups excluding carboxylic acids is 1. The van der Waals surface area contributed by atoms with E-state index in [1.807, 2.05) is 0 Å². The lowest BCUT2D eigenvalue weighted by Gasteiger charge is -2.11. The first-order valence-corrected chi connectivity index (χ1v) is 11.7. The predicted molar refractivity (Wildman–Crippen MR) is 107 cm³/mol. The Balaban J connectivity index is 1.42. The van der Waals surface area contributed by atoms with Crippen molar-refractivity contribution in [3.63, 3.8) is 0 Å². The van der Waals surface area contributed by atoms with Gasteiger partial charge in [0.1, 0.15) is 0 Å². The Bertz CT molecular complexity index is 1000. The molecule has 1 aliphatic rings. The average Bonchev–Trinajstić information content (AvgIpc) is 3.41. The SMILES string of the molecule is O=C(CSc1nnnn1C1CCCC1)NCCNS(=O)(=O)c1cccc([N+](=O)[O-])c1. The largest absolute Gasteiger partial charge is 0.354 e. The van der Waals surface area contributed by atoms with Gasteiger partial charge in [0.25, 0.3) is 5.69 Å². The highest BCUT2D eigenvalue weighted by molar-refractivity contribution is 7.99. The molecule has 2 N–H and O–H groups in total. The fourth-order valence-corrected chi connectivity index (χ4v) is 4.92. The fourth-order valence-electron chi connectivity index (χ4n) is 3.07. The van der Waals surface area contributed by atoms with E-state index in [0.717, 1.165) is 31.7 Å². The molecule has 0 radical (unpaired) electrons. The molecular formula is C16H21N7O5S2. The second-order valence-corrected chi connectivity index (χ2v) is 9.34. The van der Waals surface area contributed by atoms with E-state index < -0.39 is 14.9 Å². The van der Waals surface area contributed by atoms with Crippen LogP contribution >= 0.6 is 11.8 Å². The molecule has 0 atom stereocenters. The van der Waals surface area contributed by atoms with Crippen molar-refractivity contribution in [2.75, 3.05) is 18.8 Å². The van der Waals surface area contributed by atoms with Crippen molar-refractivity contribution < 1.29 is 18.1 Å². The van der Waals surface area contributed by atoms with Gasteiger partial charge >= 0.3 is 0 Å². The zero-order chi connectivity index (χ0) is 21.6. The zero-order valence-electron chi connectivity index (χ0n) is 15.9. The third kappa shape index (κ3) is 5.73. The first-order valence-electron chi connectivity index (χ1n) is 9.28. The number of nitrogens with one attached hydrogen (secondary N) is 2. The van der Waals surface area contributed by atoms with Gasteiger partial charge in [-0.1, -0.05) is 30.7 Å². The van der Waals surface area contributed by atoms with Crippen LogP contribution in [-0.2, 0) is 14.8 Å². The highest BCUT2D eigenvalue weighted by atomic mass is 32.2. The molecule has 1 aromatic carbocycles. The van der Waals surface area contributed by atoms with E-state index in [1.165, 1.54) is 30.0 Å². The molecule has 0 spiro atoms. The summed E-state index contributed by atoms with van der Waals surface area (Å²) in [6.45, 7) is 0.0162. The third-order valence-corrected chi connectivity index (χ3v) is 6.94. The van der Waals surface area contributed by atoms with Crippen LogP contribution in [0.15, 0.2) is 34.3 Å². The fraction of sp³-hybridized carbons (Fsp3) is 0.500. The van der Waals surface area contributed by atoms with E-state index in [2.05, 4.69) is 25.6 Å². The van der Waals surface area contributed by atoms with Gasteiger partial charge in [0.2, 0.25) is 21.1 Å². The molecule has 0 saturated heterocycles. The number of rotatable bonds is 10. The molecule has 14 heteroatoms. The first kappa shape index (κ1) is 22.1.